The quantitative estimate of drug-likeness (QED) is 0.809. The van der Waals surface area contributed by atoms with E-state index in [1.165, 1.54) is 0 Å². The number of carbonyl (C=O) groups excluding carboxylic acids is 1. The minimum atomic E-state index is -0.0985. The van der Waals surface area contributed by atoms with Gasteiger partial charge in [-0.25, -0.2) is 0 Å². The van der Waals surface area contributed by atoms with Crippen LogP contribution in [0.1, 0.15) is 22.3 Å². The first-order chi connectivity index (χ1) is 10.1. The number of hydrogen-bond donors (Lipinski definition) is 2. The van der Waals surface area contributed by atoms with Crippen LogP contribution in [0.25, 0.3) is 0 Å². The van der Waals surface area contributed by atoms with Crippen LogP contribution in [-0.2, 0) is 6.42 Å². The van der Waals surface area contributed by atoms with E-state index in [-0.39, 0.29) is 5.91 Å². The average molecular weight is 366 g/mol. The topological polar surface area (TPSA) is 41.1 Å². The van der Waals surface area contributed by atoms with Crippen molar-refractivity contribution in [3.8, 4) is 0 Å². The number of halogens is 2. The number of anilines is 2. The molecule has 0 bridgehead atoms. The third-order valence-electron chi connectivity index (χ3n) is 3.52. The van der Waals surface area contributed by atoms with Crippen molar-refractivity contribution in [3.63, 3.8) is 0 Å². The summed E-state index contributed by atoms with van der Waals surface area (Å²) in [5.41, 5.74) is 3.59. The van der Waals surface area contributed by atoms with E-state index in [1.54, 1.807) is 18.2 Å². The Balaban J connectivity index is 1.89. The fraction of sp³-hybridized carbons (Fsp3) is 0.188. The molecule has 5 heteroatoms. The highest BCUT2D eigenvalue weighted by atomic mass is 79.9. The van der Waals surface area contributed by atoms with Gasteiger partial charge >= 0.3 is 0 Å². The summed E-state index contributed by atoms with van der Waals surface area (Å²) in [5, 5.41) is 6.89. The zero-order valence-electron chi connectivity index (χ0n) is 11.2. The highest BCUT2D eigenvalue weighted by Gasteiger charge is 2.17. The molecule has 1 heterocycles. The molecule has 0 aliphatic carbocycles. The van der Waals surface area contributed by atoms with E-state index in [4.69, 9.17) is 11.6 Å². The molecule has 0 fully saturated rings. The van der Waals surface area contributed by atoms with Gasteiger partial charge < -0.3 is 10.6 Å². The second kappa shape index (κ2) is 6.08. The number of amides is 1. The van der Waals surface area contributed by atoms with Crippen LogP contribution in [0.3, 0.4) is 0 Å². The highest BCUT2D eigenvalue weighted by Crippen LogP contribution is 2.29. The third-order valence-corrected chi connectivity index (χ3v) is 4.41. The molecule has 0 radical (unpaired) electrons. The van der Waals surface area contributed by atoms with Crippen molar-refractivity contribution >= 4 is 44.8 Å². The molecule has 0 saturated heterocycles. The maximum atomic E-state index is 12.5. The fourth-order valence-electron chi connectivity index (χ4n) is 2.50. The molecule has 2 aromatic carbocycles. The number of hydrogen-bond acceptors (Lipinski definition) is 2. The van der Waals surface area contributed by atoms with Gasteiger partial charge in [-0.1, -0.05) is 17.7 Å². The Hall–Kier alpha value is -1.52. The molecule has 1 amide bonds. The zero-order chi connectivity index (χ0) is 14.8. The van der Waals surface area contributed by atoms with Crippen molar-refractivity contribution in [2.24, 2.45) is 0 Å². The summed E-state index contributed by atoms with van der Waals surface area (Å²) >= 11 is 9.33. The molecule has 0 atom stereocenters. The Labute approximate surface area is 136 Å². The van der Waals surface area contributed by atoms with Crippen LogP contribution >= 0.6 is 27.5 Å². The van der Waals surface area contributed by atoms with Gasteiger partial charge in [-0.3, -0.25) is 4.79 Å². The number of benzene rings is 2. The van der Waals surface area contributed by atoms with Crippen LogP contribution in [0.4, 0.5) is 11.4 Å². The van der Waals surface area contributed by atoms with Crippen molar-refractivity contribution in [3.05, 3.63) is 57.0 Å². The average Bonchev–Trinajstić information content (AvgIpc) is 2.49. The van der Waals surface area contributed by atoms with E-state index in [1.807, 2.05) is 18.2 Å². The predicted octanol–water partition coefficient (Wildman–Crippen LogP) is 4.71. The molecular weight excluding hydrogens is 352 g/mol. The molecule has 1 aliphatic heterocycles. The van der Waals surface area contributed by atoms with Gasteiger partial charge in [0.25, 0.3) is 5.91 Å². The number of fused-ring (bicyclic) bond motifs is 1. The van der Waals surface area contributed by atoms with Crippen LogP contribution in [0.2, 0.25) is 5.02 Å². The number of nitrogens with one attached hydrogen (secondary N) is 2. The van der Waals surface area contributed by atoms with Crippen LogP contribution < -0.4 is 10.6 Å². The normalized spacial score (nSPS) is 13.2. The minimum Gasteiger partial charge on any atom is -0.385 e. The second-order valence-electron chi connectivity index (χ2n) is 4.94. The van der Waals surface area contributed by atoms with Crippen LogP contribution in [-0.4, -0.2) is 12.5 Å². The van der Waals surface area contributed by atoms with Gasteiger partial charge in [-0.15, -0.1) is 0 Å². The highest BCUT2D eigenvalue weighted by molar-refractivity contribution is 9.10. The molecule has 1 aliphatic rings. The summed E-state index contributed by atoms with van der Waals surface area (Å²) in [5.74, 6) is -0.0985. The molecule has 2 aromatic rings. The van der Waals surface area contributed by atoms with Crippen LogP contribution in [0.5, 0.6) is 0 Å². The molecule has 0 saturated carbocycles. The largest absolute Gasteiger partial charge is 0.385 e. The minimum absolute atomic E-state index is 0.0985. The molecule has 3 rings (SSSR count). The smallest absolute Gasteiger partial charge is 0.256 e. The maximum Gasteiger partial charge on any atom is 0.256 e. The first-order valence-electron chi connectivity index (χ1n) is 6.77. The van der Waals surface area contributed by atoms with Gasteiger partial charge in [0.05, 0.1) is 5.69 Å². The second-order valence-corrected chi connectivity index (χ2v) is 6.23. The summed E-state index contributed by atoms with van der Waals surface area (Å²) in [6, 6.07) is 11.1. The lowest BCUT2D eigenvalue weighted by Gasteiger charge is -2.20. The van der Waals surface area contributed by atoms with E-state index >= 15 is 0 Å². The molecular formula is C16H14BrClN2O. The summed E-state index contributed by atoms with van der Waals surface area (Å²) in [6.45, 7) is 0.959. The summed E-state index contributed by atoms with van der Waals surface area (Å²) in [6.07, 6.45) is 1.97. The maximum absolute atomic E-state index is 12.5. The van der Waals surface area contributed by atoms with Crippen molar-refractivity contribution in [2.45, 2.75) is 12.8 Å². The lowest BCUT2D eigenvalue weighted by Crippen LogP contribution is -2.19. The molecule has 2 N–H and O–H groups in total. The zero-order valence-corrected chi connectivity index (χ0v) is 13.6. The third kappa shape index (κ3) is 3.06. The number of carbonyl (C=O) groups is 1. The van der Waals surface area contributed by atoms with Crippen LogP contribution in [0.15, 0.2) is 40.9 Å². The van der Waals surface area contributed by atoms with Gasteiger partial charge in [-0.2, -0.15) is 0 Å². The summed E-state index contributed by atoms with van der Waals surface area (Å²) < 4.78 is 0.770. The van der Waals surface area contributed by atoms with Crippen molar-refractivity contribution in [2.75, 3.05) is 17.2 Å². The number of rotatable bonds is 2. The fourth-order valence-corrected chi connectivity index (χ4v) is 3.29. The Morgan fingerprint density at radius 3 is 2.95 bits per heavy atom. The lowest BCUT2D eigenvalue weighted by atomic mass is 9.97. The van der Waals surface area contributed by atoms with Gasteiger partial charge in [0.1, 0.15) is 0 Å². The van der Waals surface area contributed by atoms with Crippen molar-refractivity contribution < 1.29 is 4.79 Å². The standard InChI is InChI=1S/C16H14BrClN2O/c17-13-9-10(18)6-7-15(13)20-16(21)12-3-1-5-14-11(12)4-2-8-19-14/h1,3,5-7,9,19H,2,4,8H2,(H,20,21). The monoisotopic (exact) mass is 364 g/mol. The first-order valence-corrected chi connectivity index (χ1v) is 7.94. The molecule has 0 aromatic heterocycles. The van der Waals surface area contributed by atoms with Gasteiger partial charge in [0.2, 0.25) is 0 Å². The SMILES string of the molecule is O=C(Nc1ccc(Cl)cc1Br)c1cccc2c1CCCN2. The Bertz CT molecular complexity index is 703. The van der Waals surface area contributed by atoms with E-state index in [0.29, 0.717) is 10.7 Å². The predicted molar refractivity (Wildman–Crippen MR) is 90.4 cm³/mol. The first kappa shape index (κ1) is 14.4. The summed E-state index contributed by atoms with van der Waals surface area (Å²) in [4.78, 5) is 12.5. The van der Waals surface area contributed by atoms with E-state index in [0.717, 1.165) is 40.7 Å². The van der Waals surface area contributed by atoms with E-state index in [9.17, 15) is 4.79 Å². The Morgan fingerprint density at radius 1 is 1.29 bits per heavy atom. The molecule has 21 heavy (non-hydrogen) atoms. The van der Waals surface area contributed by atoms with E-state index in [2.05, 4.69) is 26.6 Å². The van der Waals surface area contributed by atoms with Crippen molar-refractivity contribution in [1.82, 2.24) is 0 Å². The molecule has 0 spiro atoms. The lowest BCUT2D eigenvalue weighted by molar-refractivity contribution is 0.102. The Kier molecular flexibility index (Phi) is 4.17. The van der Waals surface area contributed by atoms with Crippen LogP contribution in [0, 0.1) is 0 Å². The van der Waals surface area contributed by atoms with Gasteiger partial charge in [-0.05, 0) is 64.7 Å². The molecule has 108 valence electrons. The molecule has 3 nitrogen and oxygen atoms in total. The molecule has 0 unspecified atom stereocenters. The summed E-state index contributed by atoms with van der Waals surface area (Å²) in [7, 11) is 0. The van der Waals surface area contributed by atoms with Crippen molar-refractivity contribution in [1.29, 1.82) is 0 Å². The van der Waals surface area contributed by atoms with Gasteiger partial charge in [0, 0.05) is 27.3 Å². The Morgan fingerprint density at radius 2 is 2.14 bits per heavy atom. The van der Waals surface area contributed by atoms with E-state index < -0.39 is 0 Å². The van der Waals surface area contributed by atoms with Gasteiger partial charge in [0.15, 0.2) is 0 Å².